The van der Waals surface area contributed by atoms with Crippen molar-refractivity contribution >= 4 is 11.8 Å². The van der Waals surface area contributed by atoms with E-state index in [4.69, 9.17) is 0 Å². The fourth-order valence-electron chi connectivity index (χ4n) is 1.78. The third-order valence-corrected chi connectivity index (χ3v) is 2.91. The average Bonchev–Trinajstić information content (AvgIpc) is 2.32. The lowest BCUT2D eigenvalue weighted by Crippen LogP contribution is -2.56. The fraction of sp³-hybridized carbons (Fsp3) is 0.417. The highest BCUT2D eigenvalue weighted by molar-refractivity contribution is 5.94. The van der Waals surface area contributed by atoms with E-state index in [1.807, 2.05) is 19.1 Å². The summed E-state index contributed by atoms with van der Waals surface area (Å²) in [5.74, 6) is -0.164. The normalized spacial score (nSPS) is 20.4. The van der Waals surface area contributed by atoms with E-state index in [0.29, 0.717) is 6.54 Å². The molecular weight excluding hydrogens is 218 g/mol. The largest absolute Gasteiger partial charge is 0.345 e. The molecule has 0 aliphatic carbocycles. The van der Waals surface area contributed by atoms with E-state index in [9.17, 15) is 9.59 Å². The van der Waals surface area contributed by atoms with Gasteiger partial charge in [-0.3, -0.25) is 14.6 Å². The summed E-state index contributed by atoms with van der Waals surface area (Å²) >= 11 is 0. The van der Waals surface area contributed by atoms with Gasteiger partial charge in [0, 0.05) is 18.4 Å². The van der Waals surface area contributed by atoms with Crippen molar-refractivity contribution in [2.24, 2.45) is 0 Å². The van der Waals surface area contributed by atoms with Gasteiger partial charge in [-0.1, -0.05) is 6.07 Å². The number of piperazine rings is 1. The second kappa shape index (κ2) is 4.53. The third-order valence-electron chi connectivity index (χ3n) is 2.91. The number of hydrogen-bond donors (Lipinski definition) is 1. The number of hydrogen-bond acceptors (Lipinski definition) is 3. The standard InChI is InChI=1S/C12H15N3O2/c1-8-3-4-10(5-13-8)7-15-9(2)12(17)14-6-11(15)16/h3-5,9H,6-7H2,1-2H3,(H,14,17). The van der Waals surface area contributed by atoms with E-state index >= 15 is 0 Å². The van der Waals surface area contributed by atoms with E-state index in [-0.39, 0.29) is 18.4 Å². The molecule has 90 valence electrons. The monoisotopic (exact) mass is 233 g/mol. The summed E-state index contributed by atoms with van der Waals surface area (Å²) in [4.78, 5) is 28.9. The van der Waals surface area contributed by atoms with Crippen LogP contribution in [0.25, 0.3) is 0 Å². The quantitative estimate of drug-likeness (QED) is 0.795. The second-order valence-corrected chi connectivity index (χ2v) is 4.22. The van der Waals surface area contributed by atoms with Crippen molar-refractivity contribution in [2.45, 2.75) is 26.4 Å². The molecule has 0 aromatic carbocycles. The van der Waals surface area contributed by atoms with Gasteiger partial charge in [0.05, 0.1) is 6.54 Å². The number of aryl methyl sites for hydroxylation is 1. The molecule has 0 bridgehead atoms. The minimum Gasteiger partial charge on any atom is -0.345 e. The maximum absolute atomic E-state index is 11.7. The van der Waals surface area contributed by atoms with Gasteiger partial charge in [-0.05, 0) is 25.5 Å². The molecule has 5 heteroatoms. The van der Waals surface area contributed by atoms with Gasteiger partial charge < -0.3 is 10.2 Å². The van der Waals surface area contributed by atoms with Crippen molar-refractivity contribution in [2.75, 3.05) is 6.54 Å². The van der Waals surface area contributed by atoms with Crippen LogP contribution in [0.2, 0.25) is 0 Å². The van der Waals surface area contributed by atoms with Gasteiger partial charge in [-0.2, -0.15) is 0 Å². The summed E-state index contributed by atoms with van der Waals surface area (Å²) in [6, 6.07) is 3.40. The highest BCUT2D eigenvalue weighted by atomic mass is 16.2. The number of nitrogens with one attached hydrogen (secondary N) is 1. The minimum absolute atomic E-state index is 0.0577. The Morgan fingerprint density at radius 3 is 2.88 bits per heavy atom. The molecule has 1 saturated heterocycles. The van der Waals surface area contributed by atoms with E-state index in [2.05, 4.69) is 10.3 Å². The van der Waals surface area contributed by atoms with Crippen LogP contribution in [0.3, 0.4) is 0 Å². The number of pyridine rings is 1. The van der Waals surface area contributed by atoms with Crippen molar-refractivity contribution in [3.8, 4) is 0 Å². The summed E-state index contributed by atoms with van der Waals surface area (Å²) in [5, 5.41) is 2.56. The van der Waals surface area contributed by atoms with Gasteiger partial charge in [0.25, 0.3) is 0 Å². The van der Waals surface area contributed by atoms with Crippen molar-refractivity contribution in [1.29, 1.82) is 0 Å². The first-order valence-corrected chi connectivity index (χ1v) is 5.56. The molecule has 5 nitrogen and oxygen atoms in total. The number of aromatic nitrogens is 1. The molecule has 2 heterocycles. The van der Waals surface area contributed by atoms with Gasteiger partial charge >= 0.3 is 0 Å². The molecule has 1 N–H and O–H groups in total. The molecular formula is C12H15N3O2. The molecule has 1 fully saturated rings. The van der Waals surface area contributed by atoms with Gasteiger partial charge in [0.1, 0.15) is 6.04 Å². The highest BCUT2D eigenvalue weighted by Gasteiger charge is 2.30. The maximum atomic E-state index is 11.7. The number of carbonyl (C=O) groups is 2. The van der Waals surface area contributed by atoms with Crippen LogP contribution in [0.1, 0.15) is 18.2 Å². The molecule has 2 rings (SSSR count). The first-order chi connectivity index (χ1) is 8.08. The lowest BCUT2D eigenvalue weighted by atomic mass is 10.1. The predicted octanol–water partition coefficient (Wildman–Crippen LogP) is 0.237. The van der Waals surface area contributed by atoms with Gasteiger partial charge in [0.2, 0.25) is 11.8 Å². The Balaban J connectivity index is 2.13. The van der Waals surface area contributed by atoms with Crippen molar-refractivity contribution in [1.82, 2.24) is 15.2 Å². The first kappa shape index (κ1) is 11.6. The molecule has 0 spiro atoms. The number of rotatable bonds is 2. The van der Waals surface area contributed by atoms with E-state index < -0.39 is 6.04 Å². The average molecular weight is 233 g/mol. The van der Waals surface area contributed by atoms with Crippen LogP contribution in [0.4, 0.5) is 0 Å². The van der Waals surface area contributed by atoms with Crippen molar-refractivity contribution < 1.29 is 9.59 Å². The molecule has 1 aromatic heterocycles. The summed E-state index contributed by atoms with van der Waals surface area (Å²) in [7, 11) is 0. The molecule has 1 atom stereocenters. The Kier molecular flexibility index (Phi) is 3.08. The maximum Gasteiger partial charge on any atom is 0.242 e. The minimum atomic E-state index is -0.419. The Bertz CT molecular complexity index is 442. The molecule has 0 saturated carbocycles. The summed E-state index contributed by atoms with van der Waals surface area (Å²) in [6.07, 6.45) is 1.74. The Labute approximate surface area is 99.8 Å². The van der Waals surface area contributed by atoms with Crippen LogP contribution in [0, 0.1) is 6.92 Å². The summed E-state index contributed by atoms with van der Waals surface area (Å²) in [5.41, 5.74) is 1.87. The van der Waals surface area contributed by atoms with E-state index in [1.165, 1.54) is 0 Å². The topological polar surface area (TPSA) is 62.3 Å². The van der Waals surface area contributed by atoms with Crippen LogP contribution >= 0.6 is 0 Å². The fourth-order valence-corrected chi connectivity index (χ4v) is 1.78. The lowest BCUT2D eigenvalue weighted by Gasteiger charge is -2.32. The molecule has 1 unspecified atom stereocenters. The molecule has 1 aliphatic heterocycles. The molecule has 2 amide bonds. The summed E-state index contributed by atoms with van der Waals surface area (Å²) < 4.78 is 0. The predicted molar refractivity (Wildman–Crippen MR) is 62.0 cm³/mol. The zero-order chi connectivity index (χ0) is 12.4. The van der Waals surface area contributed by atoms with Gasteiger partial charge in [0.15, 0.2) is 0 Å². The van der Waals surface area contributed by atoms with Crippen molar-refractivity contribution in [3.05, 3.63) is 29.6 Å². The second-order valence-electron chi connectivity index (χ2n) is 4.22. The molecule has 1 aliphatic rings. The van der Waals surface area contributed by atoms with Crippen LogP contribution in [-0.2, 0) is 16.1 Å². The summed E-state index contributed by atoms with van der Waals surface area (Å²) in [6.45, 7) is 4.16. The third kappa shape index (κ3) is 2.43. The van der Waals surface area contributed by atoms with Gasteiger partial charge in [-0.15, -0.1) is 0 Å². The van der Waals surface area contributed by atoms with E-state index in [1.54, 1.807) is 18.0 Å². The Morgan fingerprint density at radius 1 is 1.47 bits per heavy atom. The highest BCUT2D eigenvalue weighted by Crippen LogP contribution is 2.11. The molecule has 1 aromatic rings. The Morgan fingerprint density at radius 2 is 2.24 bits per heavy atom. The number of amides is 2. The Hall–Kier alpha value is -1.91. The van der Waals surface area contributed by atoms with Gasteiger partial charge in [-0.25, -0.2) is 0 Å². The van der Waals surface area contributed by atoms with Crippen molar-refractivity contribution in [3.63, 3.8) is 0 Å². The van der Waals surface area contributed by atoms with Crippen LogP contribution in [-0.4, -0.2) is 34.3 Å². The zero-order valence-electron chi connectivity index (χ0n) is 9.93. The lowest BCUT2D eigenvalue weighted by molar-refractivity contribution is -0.145. The smallest absolute Gasteiger partial charge is 0.242 e. The van der Waals surface area contributed by atoms with Crippen LogP contribution in [0.15, 0.2) is 18.3 Å². The number of carbonyl (C=O) groups excluding carboxylic acids is 2. The SMILES string of the molecule is Cc1ccc(CN2C(=O)CNC(=O)C2C)cn1. The molecule has 17 heavy (non-hydrogen) atoms. The van der Waals surface area contributed by atoms with Crippen LogP contribution in [0.5, 0.6) is 0 Å². The van der Waals surface area contributed by atoms with Crippen LogP contribution < -0.4 is 5.32 Å². The first-order valence-electron chi connectivity index (χ1n) is 5.56. The van der Waals surface area contributed by atoms with E-state index in [0.717, 1.165) is 11.3 Å². The zero-order valence-corrected chi connectivity index (χ0v) is 9.93. The number of nitrogens with zero attached hydrogens (tertiary/aromatic N) is 2. The molecule has 0 radical (unpaired) electrons.